The van der Waals surface area contributed by atoms with Gasteiger partial charge in [0.1, 0.15) is 13.2 Å². The van der Waals surface area contributed by atoms with Crippen molar-refractivity contribution in [2.75, 3.05) is 47.5 Å². The second-order valence-electron chi connectivity index (χ2n) is 22.4. The maximum Gasteiger partial charge on any atom is 0.361 e. The lowest BCUT2D eigenvalue weighted by atomic mass is 10.0. The van der Waals surface area contributed by atoms with Crippen molar-refractivity contribution in [1.82, 2.24) is 0 Å². The van der Waals surface area contributed by atoms with E-state index in [1.807, 2.05) is 21.1 Å². The molecule has 9 heteroatoms. The van der Waals surface area contributed by atoms with Gasteiger partial charge in [0.05, 0.1) is 34.4 Å². The maximum atomic E-state index is 12.9. The molecule has 0 bridgehead atoms. The number of unbranched alkanes of at least 4 members (excludes halogenated alkanes) is 33. The summed E-state index contributed by atoms with van der Waals surface area (Å²) in [5.41, 5.74) is 0. The lowest BCUT2D eigenvalue weighted by Crippen LogP contribution is -2.40. The van der Waals surface area contributed by atoms with Gasteiger partial charge in [-0.25, -0.2) is 4.79 Å². The molecule has 0 saturated heterocycles. The van der Waals surface area contributed by atoms with Crippen LogP contribution in [0.3, 0.4) is 0 Å². The predicted octanol–water partition coefficient (Wildman–Crippen LogP) is 18.8. The van der Waals surface area contributed by atoms with Crippen LogP contribution in [-0.4, -0.2) is 87.4 Å². The number of rotatable bonds is 58. The minimum absolute atomic E-state index is 0.184. The fourth-order valence-electron chi connectivity index (χ4n) is 8.88. The van der Waals surface area contributed by atoms with Gasteiger partial charge in [-0.3, -0.25) is 9.59 Å². The first kappa shape index (κ1) is 72.0. The summed E-state index contributed by atoms with van der Waals surface area (Å²) < 4.78 is 22.9. The molecule has 0 aliphatic heterocycles. The van der Waals surface area contributed by atoms with Gasteiger partial charge in [-0.1, -0.05) is 248 Å². The third-order valence-corrected chi connectivity index (χ3v) is 13.7. The Hall–Kier alpha value is -3.01. The molecule has 0 aromatic heterocycles. The molecule has 436 valence electrons. The first-order chi connectivity index (χ1) is 36.6. The van der Waals surface area contributed by atoms with E-state index in [0.29, 0.717) is 17.4 Å². The number of carbonyl (C=O) groups excluding carboxylic acids is 2. The van der Waals surface area contributed by atoms with Gasteiger partial charge < -0.3 is 28.5 Å². The molecule has 0 fully saturated rings. The number of esters is 2. The number of nitrogens with zero attached hydrogens (tertiary/aromatic N) is 1. The predicted molar refractivity (Wildman–Crippen MR) is 318 cm³/mol. The summed E-state index contributed by atoms with van der Waals surface area (Å²) >= 11 is 0. The Morgan fingerprint density at radius 3 is 1.07 bits per heavy atom. The fourth-order valence-corrected chi connectivity index (χ4v) is 8.88. The summed E-state index contributed by atoms with van der Waals surface area (Å²) in [5, 5.41) is 9.72. The molecule has 9 nitrogen and oxygen atoms in total. The first-order valence-electron chi connectivity index (χ1n) is 31.5. The van der Waals surface area contributed by atoms with E-state index in [9.17, 15) is 19.5 Å². The summed E-state index contributed by atoms with van der Waals surface area (Å²) in [6.45, 7) is 4.88. The SMILES string of the molecule is CCCCCCC/C=C\C/C=C\C/C=C\CCCCCCCCCCCCCCCCC(=O)OC(COC(=O)CCCCCCCCCCC/C=C\C/C=C\CCCCCCC)COC(OCC[N+](C)(C)C)C(=O)O. The number of likely N-dealkylation sites (N-methyl/N-ethyl adjacent to an activating group) is 1. The highest BCUT2D eigenvalue weighted by Gasteiger charge is 2.25. The standard InChI is InChI=1S/C66H119NO8/c1-6-8-10-12-14-16-18-20-22-24-26-28-29-30-31-32-33-34-35-37-39-41-43-45-47-49-51-53-55-57-64(69)75-62(61-74-66(65(70)71)72-59-58-67(3,4)5)60-73-63(68)56-54-52-50-48-46-44-42-40-38-36-27-25-23-21-19-17-15-13-11-9-7-2/h18-21,24-27,29-30,62,66H,6-17,22-23,28,31-61H2,1-5H3/p+1/b20-18-,21-19-,26-24-,27-25-,30-29-. The van der Waals surface area contributed by atoms with Crippen LogP contribution >= 0.6 is 0 Å². The first-order valence-corrected chi connectivity index (χ1v) is 31.5. The topological polar surface area (TPSA) is 108 Å². The number of carboxylic acids is 1. The van der Waals surface area contributed by atoms with Crippen LogP contribution in [0.2, 0.25) is 0 Å². The summed E-state index contributed by atoms with van der Waals surface area (Å²) in [7, 11) is 5.97. The van der Waals surface area contributed by atoms with Gasteiger partial charge in [-0.05, 0) is 83.5 Å². The molecular weight excluding hydrogens is 935 g/mol. The Kier molecular flexibility index (Phi) is 54.9. The second kappa shape index (κ2) is 57.2. The molecule has 0 radical (unpaired) electrons. The van der Waals surface area contributed by atoms with Crippen LogP contribution in [0.1, 0.15) is 284 Å². The van der Waals surface area contributed by atoms with Gasteiger partial charge in [-0.15, -0.1) is 0 Å². The number of quaternary nitrogens is 1. The van der Waals surface area contributed by atoms with Crippen LogP contribution in [0.25, 0.3) is 0 Å². The molecule has 0 saturated carbocycles. The Labute approximate surface area is 463 Å². The largest absolute Gasteiger partial charge is 0.477 e. The third-order valence-electron chi connectivity index (χ3n) is 13.7. The number of ether oxygens (including phenoxy) is 4. The van der Waals surface area contributed by atoms with Gasteiger partial charge in [0.2, 0.25) is 0 Å². The number of hydrogen-bond donors (Lipinski definition) is 1. The van der Waals surface area contributed by atoms with Crippen molar-refractivity contribution in [2.24, 2.45) is 0 Å². The third kappa shape index (κ3) is 58.5. The van der Waals surface area contributed by atoms with Crippen molar-refractivity contribution in [3.8, 4) is 0 Å². The zero-order valence-corrected chi connectivity index (χ0v) is 49.7. The summed E-state index contributed by atoms with van der Waals surface area (Å²) in [6.07, 6.45) is 70.2. The van der Waals surface area contributed by atoms with Crippen LogP contribution in [0.4, 0.5) is 0 Å². The fraction of sp³-hybridized carbons (Fsp3) is 0.803. The van der Waals surface area contributed by atoms with E-state index in [0.717, 1.165) is 57.8 Å². The zero-order valence-electron chi connectivity index (χ0n) is 49.7. The molecule has 0 heterocycles. The van der Waals surface area contributed by atoms with Gasteiger partial charge in [0.25, 0.3) is 6.29 Å². The minimum atomic E-state index is -1.51. The van der Waals surface area contributed by atoms with Crippen molar-refractivity contribution in [3.63, 3.8) is 0 Å². The van der Waals surface area contributed by atoms with Crippen LogP contribution in [0.15, 0.2) is 60.8 Å². The van der Waals surface area contributed by atoms with Crippen molar-refractivity contribution in [1.29, 1.82) is 0 Å². The Bertz CT molecular complexity index is 1410. The van der Waals surface area contributed by atoms with Crippen molar-refractivity contribution in [3.05, 3.63) is 60.8 Å². The number of carbonyl (C=O) groups is 3. The van der Waals surface area contributed by atoms with Gasteiger partial charge in [0, 0.05) is 12.8 Å². The summed E-state index contributed by atoms with van der Waals surface area (Å²) in [5.74, 6) is -2.00. The highest BCUT2D eigenvalue weighted by molar-refractivity contribution is 5.71. The van der Waals surface area contributed by atoms with Gasteiger partial charge in [-0.2, -0.15) is 0 Å². The molecule has 0 spiro atoms. The zero-order chi connectivity index (χ0) is 54.8. The molecule has 2 atom stereocenters. The minimum Gasteiger partial charge on any atom is -0.477 e. The normalized spacial score (nSPS) is 13.1. The lowest BCUT2D eigenvalue weighted by molar-refractivity contribution is -0.870. The van der Waals surface area contributed by atoms with Crippen molar-refractivity contribution >= 4 is 17.9 Å². The van der Waals surface area contributed by atoms with E-state index in [-0.39, 0.29) is 32.2 Å². The number of allylic oxidation sites excluding steroid dienone is 10. The van der Waals surface area contributed by atoms with Gasteiger partial charge in [0.15, 0.2) is 6.10 Å². The van der Waals surface area contributed by atoms with Crippen molar-refractivity contribution in [2.45, 2.75) is 296 Å². The van der Waals surface area contributed by atoms with E-state index in [1.54, 1.807) is 0 Å². The van der Waals surface area contributed by atoms with Crippen LogP contribution in [-0.2, 0) is 33.3 Å². The molecule has 0 aliphatic carbocycles. The summed E-state index contributed by atoms with van der Waals surface area (Å²) in [6, 6.07) is 0. The lowest BCUT2D eigenvalue weighted by Gasteiger charge is -2.25. The highest BCUT2D eigenvalue weighted by Crippen LogP contribution is 2.16. The molecular formula is C66H120NO8+. The van der Waals surface area contributed by atoms with E-state index < -0.39 is 24.3 Å². The van der Waals surface area contributed by atoms with Crippen LogP contribution in [0, 0.1) is 0 Å². The Morgan fingerprint density at radius 1 is 0.400 bits per heavy atom. The Morgan fingerprint density at radius 2 is 0.720 bits per heavy atom. The van der Waals surface area contributed by atoms with E-state index >= 15 is 0 Å². The molecule has 0 aromatic carbocycles. The molecule has 75 heavy (non-hydrogen) atoms. The second-order valence-corrected chi connectivity index (χ2v) is 22.4. The number of carboxylic acid groups (broad SMARTS) is 1. The van der Waals surface area contributed by atoms with Crippen LogP contribution < -0.4 is 0 Å². The number of hydrogen-bond acceptors (Lipinski definition) is 7. The molecule has 0 aliphatic rings. The van der Waals surface area contributed by atoms with Crippen molar-refractivity contribution < 1.29 is 42.9 Å². The monoisotopic (exact) mass is 1050 g/mol. The van der Waals surface area contributed by atoms with Gasteiger partial charge >= 0.3 is 17.9 Å². The molecule has 0 amide bonds. The molecule has 0 rings (SSSR count). The highest BCUT2D eigenvalue weighted by atomic mass is 16.7. The smallest absolute Gasteiger partial charge is 0.361 e. The molecule has 2 unspecified atom stereocenters. The van der Waals surface area contributed by atoms with E-state index in [2.05, 4.69) is 74.6 Å². The Balaban J connectivity index is 4.18. The average molecular weight is 1060 g/mol. The quantitative estimate of drug-likeness (QED) is 0.0211. The summed E-state index contributed by atoms with van der Waals surface area (Å²) in [4.78, 5) is 37.5. The van der Waals surface area contributed by atoms with E-state index in [1.165, 1.54) is 199 Å². The molecule has 0 aromatic rings. The molecule has 1 N–H and O–H groups in total. The maximum absolute atomic E-state index is 12.9. The van der Waals surface area contributed by atoms with E-state index in [4.69, 9.17) is 18.9 Å². The number of aliphatic carboxylic acids is 1. The average Bonchev–Trinajstić information content (AvgIpc) is 3.38. The van der Waals surface area contributed by atoms with Crippen LogP contribution in [0.5, 0.6) is 0 Å².